The molecule has 0 aliphatic rings. The van der Waals surface area contributed by atoms with Crippen LogP contribution in [0.15, 0.2) is 18.5 Å². The maximum Gasteiger partial charge on any atom is 0.141 e. The third-order valence-electron chi connectivity index (χ3n) is 2.30. The van der Waals surface area contributed by atoms with Crippen molar-refractivity contribution in [3.63, 3.8) is 0 Å². The van der Waals surface area contributed by atoms with Gasteiger partial charge in [0.2, 0.25) is 0 Å². The van der Waals surface area contributed by atoms with Crippen molar-refractivity contribution in [2.24, 2.45) is 5.92 Å². The highest BCUT2D eigenvalue weighted by atomic mass is 35.5. The first-order valence-electron chi connectivity index (χ1n) is 4.79. The predicted molar refractivity (Wildman–Crippen MR) is 58.2 cm³/mol. The molecule has 0 radical (unpaired) electrons. The average Bonchev–Trinajstić information content (AvgIpc) is 2.26. The zero-order chi connectivity index (χ0) is 10.4. The minimum absolute atomic E-state index is 0.385. The summed E-state index contributed by atoms with van der Waals surface area (Å²) in [5, 5.41) is 3.34. The Morgan fingerprint density at radius 1 is 1.36 bits per heavy atom. The molecule has 2 atom stereocenters. The molecule has 2 unspecified atom stereocenters. The molecule has 1 heterocycles. The molecule has 0 aliphatic heterocycles. The van der Waals surface area contributed by atoms with E-state index in [1.807, 2.05) is 6.07 Å². The van der Waals surface area contributed by atoms with Crippen LogP contribution < -0.4 is 5.32 Å². The summed E-state index contributed by atoms with van der Waals surface area (Å²) < 4.78 is 0. The number of rotatable bonds is 5. The van der Waals surface area contributed by atoms with Crippen molar-refractivity contribution in [1.82, 2.24) is 15.3 Å². The molecule has 0 aromatic carbocycles. The van der Waals surface area contributed by atoms with Gasteiger partial charge in [0, 0.05) is 24.3 Å². The van der Waals surface area contributed by atoms with E-state index >= 15 is 0 Å². The van der Waals surface area contributed by atoms with Gasteiger partial charge in [-0.1, -0.05) is 6.92 Å². The molecule has 4 heteroatoms. The van der Waals surface area contributed by atoms with E-state index in [0.717, 1.165) is 5.82 Å². The number of nitrogens with one attached hydrogen (secondary N) is 1. The molecule has 14 heavy (non-hydrogen) atoms. The number of aromatic nitrogens is 2. The van der Waals surface area contributed by atoms with E-state index in [9.17, 15) is 0 Å². The van der Waals surface area contributed by atoms with E-state index in [4.69, 9.17) is 11.6 Å². The second-order valence-corrected chi connectivity index (χ2v) is 3.77. The molecule has 1 aromatic heterocycles. The van der Waals surface area contributed by atoms with Gasteiger partial charge < -0.3 is 5.32 Å². The standard InChI is InChI=1S/C10H16ClN3/c1-8(6-11)9(2)14-7-10-12-4-3-5-13-10/h3-5,8-9,14H,6-7H2,1-2H3. The molecule has 3 nitrogen and oxygen atoms in total. The molecule has 0 aliphatic carbocycles. The fraction of sp³-hybridized carbons (Fsp3) is 0.600. The van der Waals surface area contributed by atoms with Crippen LogP contribution in [-0.2, 0) is 6.54 Å². The predicted octanol–water partition coefficient (Wildman–Crippen LogP) is 1.83. The lowest BCUT2D eigenvalue weighted by molar-refractivity contribution is 0.424. The van der Waals surface area contributed by atoms with E-state index < -0.39 is 0 Å². The summed E-state index contributed by atoms with van der Waals surface area (Å²) >= 11 is 5.76. The normalized spacial score (nSPS) is 15.1. The Hall–Kier alpha value is -0.670. The maximum absolute atomic E-state index is 5.76. The summed E-state index contributed by atoms with van der Waals surface area (Å²) in [7, 11) is 0. The largest absolute Gasteiger partial charge is 0.307 e. The molecule has 1 rings (SSSR count). The van der Waals surface area contributed by atoms with Gasteiger partial charge in [-0.3, -0.25) is 0 Å². The summed E-state index contributed by atoms with van der Waals surface area (Å²) in [5.74, 6) is 1.95. The molecule has 78 valence electrons. The van der Waals surface area contributed by atoms with Gasteiger partial charge in [0.15, 0.2) is 0 Å². The van der Waals surface area contributed by atoms with Gasteiger partial charge in [0.25, 0.3) is 0 Å². The zero-order valence-electron chi connectivity index (χ0n) is 8.57. The average molecular weight is 214 g/mol. The van der Waals surface area contributed by atoms with Gasteiger partial charge in [-0.25, -0.2) is 9.97 Å². The fourth-order valence-electron chi connectivity index (χ4n) is 1.01. The summed E-state index contributed by atoms with van der Waals surface area (Å²) in [6.45, 7) is 4.94. The van der Waals surface area contributed by atoms with Crippen LogP contribution in [0.25, 0.3) is 0 Å². The molecule has 0 fully saturated rings. The fourth-order valence-corrected chi connectivity index (χ4v) is 1.28. The summed E-state index contributed by atoms with van der Waals surface area (Å²) in [5.41, 5.74) is 0. The van der Waals surface area contributed by atoms with Gasteiger partial charge in [-0.05, 0) is 18.9 Å². The number of alkyl halides is 1. The first-order chi connectivity index (χ1) is 6.74. The Morgan fingerprint density at radius 3 is 2.57 bits per heavy atom. The third-order valence-corrected chi connectivity index (χ3v) is 2.79. The topological polar surface area (TPSA) is 37.8 Å². The van der Waals surface area contributed by atoms with Crippen molar-refractivity contribution in [2.75, 3.05) is 5.88 Å². The molecule has 0 amide bonds. The van der Waals surface area contributed by atoms with Crippen LogP contribution >= 0.6 is 11.6 Å². The van der Waals surface area contributed by atoms with E-state index in [-0.39, 0.29) is 0 Å². The highest BCUT2D eigenvalue weighted by Crippen LogP contribution is 2.04. The van der Waals surface area contributed by atoms with Gasteiger partial charge >= 0.3 is 0 Å². The summed E-state index contributed by atoms with van der Waals surface area (Å²) in [4.78, 5) is 8.26. The molecule has 0 saturated heterocycles. The van der Waals surface area contributed by atoms with Crippen molar-refractivity contribution in [3.05, 3.63) is 24.3 Å². The van der Waals surface area contributed by atoms with Crippen molar-refractivity contribution >= 4 is 11.6 Å². The van der Waals surface area contributed by atoms with Crippen molar-refractivity contribution in [3.8, 4) is 0 Å². The minimum Gasteiger partial charge on any atom is -0.307 e. The molecule has 0 bridgehead atoms. The Morgan fingerprint density at radius 2 is 2.00 bits per heavy atom. The van der Waals surface area contributed by atoms with E-state index in [2.05, 4.69) is 29.1 Å². The lowest BCUT2D eigenvalue weighted by Crippen LogP contribution is -2.32. The van der Waals surface area contributed by atoms with Crippen LogP contribution in [0.5, 0.6) is 0 Å². The van der Waals surface area contributed by atoms with Crippen LogP contribution in [0.3, 0.4) is 0 Å². The Bertz CT molecular complexity index is 253. The second-order valence-electron chi connectivity index (χ2n) is 3.47. The number of halogens is 1. The monoisotopic (exact) mass is 213 g/mol. The summed E-state index contributed by atoms with van der Waals surface area (Å²) in [6.07, 6.45) is 3.50. The van der Waals surface area contributed by atoms with Crippen molar-refractivity contribution in [2.45, 2.75) is 26.4 Å². The number of hydrogen-bond acceptors (Lipinski definition) is 3. The van der Waals surface area contributed by atoms with Crippen molar-refractivity contribution in [1.29, 1.82) is 0 Å². The number of hydrogen-bond donors (Lipinski definition) is 1. The van der Waals surface area contributed by atoms with Gasteiger partial charge in [0.05, 0.1) is 6.54 Å². The third kappa shape index (κ3) is 3.60. The SMILES string of the molecule is CC(CCl)C(C)NCc1ncccn1. The van der Waals surface area contributed by atoms with Gasteiger partial charge in [-0.15, -0.1) is 11.6 Å². The van der Waals surface area contributed by atoms with Crippen LogP contribution in [0.4, 0.5) is 0 Å². The Labute approximate surface area is 89.9 Å². The van der Waals surface area contributed by atoms with E-state index in [1.54, 1.807) is 12.4 Å². The molecule has 1 aromatic rings. The molecule has 1 N–H and O–H groups in total. The van der Waals surface area contributed by atoms with Gasteiger partial charge in [0.1, 0.15) is 5.82 Å². The minimum atomic E-state index is 0.385. The van der Waals surface area contributed by atoms with Crippen LogP contribution in [-0.4, -0.2) is 21.9 Å². The lowest BCUT2D eigenvalue weighted by Gasteiger charge is -2.18. The Balaban J connectivity index is 2.34. The maximum atomic E-state index is 5.76. The molecule has 0 saturated carbocycles. The van der Waals surface area contributed by atoms with Gasteiger partial charge in [-0.2, -0.15) is 0 Å². The zero-order valence-corrected chi connectivity index (χ0v) is 9.33. The van der Waals surface area contributed by atoms with Crippen molar-refractivity contribution < 1.29 is 0 Å². The highest BCUT2D eigenvalue weighted by molar-refractivity contribution is 6.18. The molecule has 0 spiro atoms. The molecular formula is C10H16ClN3. The summed E-state index contributed by atoms with van der Waals surface area (Å²) in [6, 6.07) is 2.20. The first kappa shape index (κ1) is 11.4. The Kier molecular flexibility index (Phi) is 4.84. The van der Waals surface area contributed by atoms with E-state index in [1.165, 1.54) is 0 Å². The highest BCUT2D eigenvalue weighted by Gasteiger charge is 2.10. The lowest BCUT2D eigenvalue weighted by atomic mass is 10.1. The first-order valence-corrected chi connectivity index (χ1v) is 5.32. The van der Waals surface area contributed by atoms with Crippen LogP contribution in [0, 0.1) is 5.92 Å². The molecular weight excluding hydrogens is 198 g/mol. The second kappa shape index (κ2) is 5.94. The van der Waals surface area contributed by atoms with Crippen LogP contribution in [0.2, 0.25) is 0 Å². The van der Waals surface area contributed by atoms with Crippen LogP contribution in [0.1, 0.15) is 19.7 Å². The smallest absolute Gasteiger partial charge is 0.141 e. The number of nitrogens with zero attached hydrogens (tertiary/aromatic N) is 2. The quantitative estimate of drug-likeness (QED) is 0.759. The van der Waals surface area contributed by atoms with E-state index in [0.29, 0.717) is 24.4 Å².